The van der Waals surface area contributed by atoms with Gasteiger partial charge in [0.05, 0.1) is 22.0 Å². The number of alkyl halides is 2. The third-order valence-corrected chi connectivity index (χ3v) is 9.52. The Labute approximate surface area is 211 Å². The van der Waals surface area contributed by atoms with Crippen molar-refractivity contribution in [2.75, 3.05) is 13.1 Å². The zero-order chi connectivity index (χ0) is 25.9. The quantitative estimate of drug-likeness (QED) is 0.582. The number of carbonyl (C=O) groups is 1. The highest BCUT2D eigenvalue weighted by Crippen LogP contribution is 2.38. The average molecular weight is 523 g/mol. The Balaban J connectivity index is 1.33. The molecule has 2 aliphatic carbocycles. The van der Waals surface area contributed by atoms with Crippen molar-refractivity contribution in [3.63, 3.8) is 0 Å². The van der Waals surface area contributed by atoms with Gasteiger partial charge in [-0.15, -0.1) is 0 Å². The molecule has 7 nitrogen and oxygen atoms in total. The maximum atomic E-state index is 13.7. The first-order chi connectivity index (χ1) is 16.8. The van der Waals surface area contributed by atoms with Gasteiger partial charge in [-0.3, -0.25) is 4.79 Å². The minimum absolute atomic E-state index is 0.00269. The number of carbonyl (C=O) groups excluding carboxylic acids is 1. The van der Waals surface area contributed by atoms with E-state index in [1.807, 2.05) is 0 Å². The summed E-state index contributed by atoms with van der Waals surface area (Å²) in [6, 6.07) is 4.86. The molecule has 1 aromatic heterocycles. The summed E-state index contributed by atoms with van der Waals surface area (Å²) >= 11 is 0. The molecule has 1 aromatic carbocycles. The van der Waals surface area contributed by atoms with Crippen molar-refractivity contribution in [2.45, 2.75) is 94.5 Å². The molecule has 2 saturated carbocycles. The number of imidazole rings is 1. The average Bonchev–Trinajstić information content (AvgIpc) is 3.49. The first-order valence-electron chi connectivity index (χ1n) is 13.0. The Kier molecular flexibility index (Phi) is 6.42. The van der Waals surface area contributed by atoms with Crippen molar-refractivity contribution in [1.29, 1.82) is 0 Å². The number of rotatable bonds is 7. The van der Waals surface area contributed by atoms with Crippen LogP contribution in [0, 0.1) is 11.8 Å². The molecule has 1 amide bonds. The number of nitrogens with one attached hydrogen (secondary N) is 1. The Morgan fingerprint density at radius 2 is 1.78 bits per heavy atom. The molecule has 0 bridgehead atoms. The van der Waals surface area contributed by atoms with Gasteiger partial charge < -0.3 is 9.88 Å². The molecule has 1 N–H and O–H groups in total. The van der Waals surface area contributed by atoms with Crippen molar-refractivity contribution < 1.29 is 22.0 Å². The number of amides is 1. The molecule has 2 heterocycles. The van der Waals surface area contributed by atoms with E-state index < -0.39 is 15.9 Å². The molecule has 0 spiro atoms. The minimum atomic E-state index is -3.70. The first-order valence-corrected chi connectivity index (χ1v) is 14.4. The number of fused-ring (bicyclic) bond motifs is 1. The zero-order valence-electron chi connectivity index (χ0n) is 21.3. The molecule has 0 radical (unpaired) electrons. The van der Waals surface area contributed by atoms with E-state index in [2.05, 4.69) is 30.7 Å². The van der Waals surface area contributed by atoms with E-state index in [1.165, 1.54) is 4.31 Å². The first kappa shape index (κ1) is 25.6. The number of halogens is 2. The van der Waals surface area contributed by atoms with Gasteiger partial charge in [-0.25, -0.2) is 22.2 Å². The molecule has 5 rings (SSSR count). The van der Waals surface area contributed by atoms with Crippen molar-refractivity contribution in [3.8, 4) is 0 Å². The summed E-state index contributed by atoms with van der Waals surface area (Å²) in [6.07, 6.45) is 3.49. The zero-order valence-corrected chi connectivity index (χ0v) is 22.1. The lowest BCUT2D eigenvalue weighted by molar-refractivity contribution is -0.122. The predicted octanol–water partition coefficient (Wildman–Crippen LogP) is 4.45. The fraction of sp³-hybridized carbons (Fsp3) is 0.692. The molecular formula is C26H36F2N4O3S. The van der Waals surface area contributed by atoms with E-state index in [0.717, 1.165) is 24.2 Å². The SMILES string of the molecule is CC(C)(C)c1nc2cc(S(=O)(=O)N3CC(NC(=O)CC4CC4)C3)ccc2n1CC1CCC(F)(F)CC1. The largest absolute Gasteiger partial charge is 0.351 e. The Morgan fingerprint density at radius 1 is 1.11 bits per heavy atom. The maximum Gasteiger partial charge on any atom is 0.248 e. The number of nitrogens with zero attached hydrogens (tertiary/aromatic N) is 3. The van der Waals surface area contributed by atoms with E-state index in [9.17, 15) is 22.0 Å². The number of hydrogen-bond acceptors (Lipinski definition) is 4. The van der Waals surface area contributed by atoms with Crippen LogP contribution in [0.2, 0.25) is 0 Å². The summed E-state index contributed by atoms with van der Waals surface area (Å²) in [4.78, 5) is 17.0. The third kappa shape index (κ3) is 5.30. The fourth-order valence-electron chi connectivity index (χ4n) is 5.31. The van der Waals surface area contributed by atoms with Crippen molar-refractivity contribution >= 4 is 27.0 Å². The summed E-state index contributed by atoms with van der Waals surface area (Å²) < 4.78 is 57.3. The molecule has 36 heavy (non-hydrogen) atoms. The second-order valence-corrected chi connectivity index (χ2v) is 13.9. The van der Waals surface area contributed by atoms with Crippen molar-refractivity contribution in [3.05, 3.63) is 24.0 Å². The van der Waals surface area contributed by atoms with E-state index in [4.69, 9.17) is 4.98 Å². The molecule has 0 unspecified atom stereocenters. The number of benzene rings is 1. The van der Waals surface area contributed by atoms with Gasteiger partial charge in [0.2, 0.25) is 21.9 Å². The van der Waals surface area contributed by atoms with Crippen LogP contribution in [0.5, 0.6) is 0 Å². The standard InChI is InChI=1S/C26H36F2N4O3S/c1-25(2,3)24-30-21-13-20(6-7-22(21)32(24)14-18-8-10-26(27,28)11-9-18)36(34,35)31-15-19(16-31)29-23(33)12-17-4-5-17/h6-7,13,17-19H,4-5,8-12,14-16H2,1-3H3,(H,29,33). The Hall–Kier alpha value is -2.07. The van der Waals surface area contributed by atoms with Gasteiger partial charge in [0, 0.05) is 44.3 Å². The van der Waals surface area contributed by atoms with E-state index in [0.29, 0.717) is 37.2 Å². The lowest BCUT2D eigenvalue weighted by Crippen LogP contribution is -2.60. The molecule has 0 atom stereocenters. The molecule has 3 aliphatic rings. The normalized spacial score (nSPS) is 22.0. The van der Waals surface area contributed by atoms with Crippen LogP contribution in [0.15, 0.2) is 23.1 Å². The van der Waals surface area contributed by atoms with Gasteiger partial charge in [-0.1, -0.05) is 20.8 Å². The van der Waals surface area contributed by atoms with E-state index >= 15 is 0 Å². The van der Waals surface area contributed by atoms with Crippen LogP contribution in [-0.2, 0) is 26.8 Å². The van der Waals surface area contributed by atoms with Gasteiger partial charge in [-0.05, 0) is 55.7 Å². The summed E-state index contributed by atoms with van der Waals surface area (Å²) in [6.45, 7) is 7.29. The van der Waals surface area contributed by atoms with E-state index in [1.54, 1.807) is 18.2 Å². The van der Waals surface area contributed by atoms with Crippen LogP contribution < -0.4 is 5.32 Å². The van der Waals surface area contributed by atoms with Gasteiger partial charge in [0.15, 0.2) is 0 Å². The fourth-order valence-corrected chi connectivity index (χ4v) is 6.86. The number of aromatic nitrogens is 2. The third-order valence-electron chi connectivity index (χ3n) is 7.69. The second-order valence-electron chi connectivity index (χ2n) is 12.0. The summed E-state index contributed by atoms with van der Waals surface area (Å²) in [5, 5.41) is 2.93. The van der Waals surface area contributed by atoms with Crippen LogP contribution in [0.25, 0.3) is 11.0 Å². The van der Waals surface area contributed by atoms with Gasteiger partial charge >= 0.3 is 0 Å². The van der Waals surface area contributed by atoms with E-state index in [-0.39, 0.29) is 54.1 Å². The smallest absolute Gasteiger partial charge is 0.248 e. The predicted molar refractivity (Wildman–Crippen MR) is 133 cm³/mol. The topological polar surface area (TPSA) is 84.3 Å². The lowest BCUT2D eigenvalue weighted by Gasteiger charge is -2.38. The van der Waals surface area contributed by atoms with Crippen molar-refractivity contribution in [1.82, 2.24) is 19.2 Å². The van der Waals surface area contributed by atoms with Gasteiger partial charge in [0.1, 0.15) is 5.82 Å². The molecule has 2 aromatic rings. The maximum absolute atomic E-state index is 13.7. The Morgan fingerprint density at radius 3 is 2.39 bits per heavy atom. The Bertz CT molecular complexity index is 1250. The second kappa shape index (κ2) is 9.04. The van der Waals surface area contributed by atoms with Crippen LogP contribution in [0.1, 0.15) is 71.5 Å². The summed E-state index contributed by atoms with van der Waals surface area (Å²) in [5.74, 6) is -1.11. The molecule has 10 heteroatoms. The molecule has 3 fully saturated rings. The van der Waals surface area contributed by atoms with Crippen LogP contribution in [0.4, 0.5) is 8.78 Å². The van der Waals surface area contributed by atoms with Crippen LogP contribution >= 0.6 is 0 Å². The van der Waals surface area contributed by atoms with Crippen LogP contribution in [0.3, 0.4) is 0 Å². The molecule has 198 valence electrons. The highest BCUT2D eigenvalue weighted by Gasteiger charge is 2.39. The molecular weight excluding hydrogens is 486 g/mol. The highest BCUT2D eigenvalue weighted by molar-refractivity contribution is 7.89. The summed E-state index contributed by atoms with van der Waals surface area (Å²) in [5.41, 5.74) is 1.13. The number of hydrogen-bond donors (Lipinski definition) is 1. The van der Waals surface area contributed by atoms with Gasteiger partial charge in [-0.2, -0.15) is 4.31 Å². The van der Waals surface area contributed by atoms with Crippen LogP contribution in [-0.4, -0.2) is 53.2 Å². The molecule has 1 aliphatic heterocycles. The monoisotopic (exact) mass is 522 g/mol. The number of sulfonamides is 1. The lowest BCUT2D eigenvalue weighted by atomic mass is 9.86. The minimum Gasteiger partial charge on any atom is -0.351 e. The van der Waals surface area contributed by atoms with Crippen molar-refractivity contribution in [2.24, 2.45) is 11.8 Å². The highest BCUT2D eigenvalue weighted by atomic mass is 32.2. The van der Waals surface area contributed by atoms with Gasteiger partial charge in [0.25, 0.3) is 0 Å². The molecule has 1 saturated heterocycles. The summed E-state index contributed by atoms with van der Waals surface area (Å²) in [7, 11) is -3.70.